The molecule has 2 fully saturated rings. The molecule has 0 bridgehead atoms. The third-order valence-corrected chi connectivity index (χ3v) is 8.72. The van der Waals surface area contributed by atoms with Gasteiger partial charge in [-0.1, -0.05) is 49.3 Å². The molecule has 2 aliphatic heterocycles. The first-order chi connectivity index (χ1) is 23.6. The lowest BCUT2D eigenvalue weighted by Crippen LogP contribution is -2.57. The highest BCUT2D eigenvalue weighted by Crippen LogP contribution is 2.29. The van der Waals surface area contributed by atoms with E-state index in [2.05, 4.69) is 31.0 Å². The Kier molecular flexibility index (Phi) is 12.3. The number of aryl methyl sites for hydroxylation is 1. The Morgan fingerprint density at radius 1 is 0.898 bits per heavy atom. The molecule has 3 aromatic rings. The van der Waals surface area contributed by atoms with Crippen molar-refractivity contribution in [2.45, 2.75) is 76.7 Å². The largest absolute Gasteiger partial charge is 0.379 e. The predicted octanol–water partition coefficient (Wildman–Crippen LogP) is 2.25. The van der Waals surface area contributed by atoms with Crippen molar-refractivity contribution in [3.8, 4) is 0 Å². The number of nitrogens with zero attached hydrogens (tertiary/aromatic N) is 3. The minimum absolute atomic E-state index is 0.0534. The molecule has 4 heterocycles. The summed E-state index contributed by atoms with van der Waals surface area (Å²) in [4.78, 5) is 60.8. The van der Waals surface area contributed by atoms with E-state index in [1.54, 1.807) is 37.5 Å². The first kappa shape index (κ1) is 35.8. The minimum Gasteiger partial charge on any atom is -0.379 e. The molecule has 3 N–H and O–H groups in total. The molecule has 49 heavy (non-hydrogen) atoms. The van der Waals surface area contributed by atoms with Crippen LogP contribution in [0.25, 0.3) is 0 Å². The van der Waals surface area contributed by atoms with Gasteiger partial charge in [-0.3, -0.25) is 29.1 Å². The van der Waals surface area contributed by atoms with Crippen molar-refractivity contribution in [1.82, 2.24) is 31.0 Å². The van der Waals surface area contributed by atoms with E-state index in [9.17, 15) is 19.2 Å². The smallest absolute Gasteiger partial charge is 0.274 e. The molecule has 4 atom stereocenters. The lowest BCUT2D eigenvalue weighted by molar-refractivity contribution is -0.133. The second kappa shape index (κ2) is 16.8. The van der Waals surface area contributed by atoms with Crippen LogP contribution in [0, 0.1) is 5.92 Å². The maximum Gasteiger partial charge on any atom is 0.274 e. The van der Waals surface area contributed by atoms with Gasteiger partial charge < -0.3 is 29.9 Å². The van der Waals surface area contributed by atoms with Crippen LogP contribution in [-0.4, -0.2) is 95.2 Å². The number of pyridine rings is 1. The summed E-state index contributed by atoms with van der Waals surface area (Å²) < 4.78 is 16.2. The number of epoxide rings is 1. The van der Waals surface area contributed by atoms with E-state index >= 15 is 0 Å². The standard InChI is InChI=1S/C36H46N6O7/c1-24(2)19-29(32(43)36(3)23-48-36)39-34(45)30(20-26-11-13-37-14-12-26)40-33(44)28(10-9-25-7-5-4-6-8-25)38-35(46)31-21-27(49-41-31)22-42-15-17-47-18-16-42/h4-8,11-14,21,24,28-30H,9-10,15-20,22-23H2,1-3H3,(H,38,46)(H,39,45)(H,40,44)/t28?,29?,30-,36?/m0/s1. The van der Waals surface area contributed by atoms with Crippen LogP contribution in [-0.2, 0) is 43.2 Å². The highest BCUT2D eigenvalue weighted by Gasteiger charge is 2.50. The second-order valence-electron chi connectivity index (χ2n) is 13.3. The van der Waals surface area contributed by atoms with E-state index < -0.39 is 41.4 Å². The van der Waals surface area contributed by atoms with Crippen LogP contribution >= 0.6 is 0 Å². The lowest BCUT2D eigenvalue weighted by atomic mass is 9.93. The molecule has 2 aromatic heterocycles. The van der Waals surface area contributed by atoms with Gasteiger partial charge in [0, 0.05) is 38.0 Å². The zero-order valence-electron chi connectivity index (χ0n) is 28.4. The number of carbonyl (C=O) groups excluding carboxylic acids is 4. The van der Waals surface area contributed by atoms with E-state index in [1.807, 2.05) is 44.2 Å². The quantitative estimate of drug-likeness (QED) is 0.181. The van der Waals surface area contributed by atoms with Crippen LogP contribution in [0.2, 0.25) is 0 Å². The number of Topliss-reactive ketones (excluding diaryl/α,β-unsaturated/α-hetero) is 1. The van der Waals surface area contributed by atoms with Crippen molar-refractivity contribution < 1.29 is 33.2 Å². The molecule has 3 unspecified atom stereocenters. The highest BCUT2D eigenvalue weighted by atomic mass is 16.6. The molecule has 13 heteroatoms. The summed E-state index contributed by atoms with van der Waals surface area (Å²) in [6.07, 6.45) is 4.52. The third-order valence-electron chi connectivity index (χ3n) is 8.72. The number of aromatic nitrogens is 2. The average Bonchev–Trinajstić information content (AvgIpc) is 3.68. The number of ether oxygens (including phenoxy) is 2. The molecular formula is C36H46N6O7. The van der Waals surface area contributed by atoms with Crippen molar-refractivity contribution in [2.75, 3.05) is 32.9 Å². The maximum atomic E-state index is 14.0. The average molecular weight is 675 g/mol. The number of nitrogens with one attached hydrogen (secondary N) is 3. The number of rotatable bonds is 17. The molecule has 0 saturated carbocycles. The number of benzene rings is 1. The van der Waals surface area contributed by atoms with Gasteiger partial charge in [0.1, 0.15) is 17.7 Å². The van der Waals surface area contributed by atoms with Crippen LogP contribution < -0.4 is 16.0 Å². The van der Waals surface area contributed by atoms with Gasteiger partial charge in [0.15, 0.2) is 17.2 Å². The summed E-state index contributed by atoms with van der Waals surface area (Å²) in [7, 11) is 0. The fourth-order valence-electron chi connectivity index (χ4n) is 5.76. The maximum absolute atomic E-state index is 14.0. The van der Waals surface area contributed by atoms with Crippen LogP contribution in [0.4, 0.5) is 0 Å². The fourth-order valence-corrected chi connectivity index (χ4v) is 5.76. The molecule has 262 valence electrons. The van der Waals surface area contributed by atoms with Gasteiger partial charge >= 0.3 is 0 Å². The first-order valence-electron chi connectivity index (χ1n) is 16.9. The molecule has 0 aliphatic carbocycles. The molecule has 0 spiro atoms. The molecule has 3 amide bonds. The monoisotopic (exact) mass is 674 g/mol. The van der Waals surface area contributed by atoms with Crippen molar-refractivity contribution in [1.29, 1.82) is 0 Å². The third kappa shape index (κ3) is 10.5. The SMILES string of the molecule is CC(C)CC(NC(=O)[C@H](Cc1ccncc1)NC(=O)C(CCc1ccccc1)NC(=O)c1cc(CN2CCOCC2)on1)C(=O)C1(C)CO1. The molecule has 13 nitrogen and oxygen atoms in total. The molecule has 2 saturated heterocycles. The Hall–Kier alpha value is -4.46. The van der Waals surface area contributed by atoms with Crippen LogP contribution in [0.1, 0.15) is 61.0 Å². The summed E-state index contributed by atoms with van der Waals surface area (Å²) in [5.41, 5.74) is 0.880. The fraction of sp³-hybridized carbons (Fsp3) is 0.500. The predicted molar refractivity (Wildman–Crippen MR) is 179 cm³/mol. The molecular weight excluding hydrogens is 628 g/mol. The van der Waals surface area contributed by atoms with Gasteiger partial charge in [-0.25, -0.2) is 0 Å². The normalized spacial score (nSPS) is 19.4. The number of hydrogen-bond donors (Lipinski definition) is 3. The second-order valence-corrected chi connectivity index (χ2v) is 13.3. The van der Waals surface area contributed by atoms with Gasteiger partial charge in [0.25, 0.3) is 5.91 Å². The van der Waals surface area contributed by atoms with Crippen LogP contribution in [0.15, 0.2) is 65.4 Å². The van der Waals surface area contributed by atoms with Crippen molar-refractivity contribution in [3.63, 3.8) is 0 Å². The molecule has 5 rings (SSSR count). The minimum atomic E-state index is -1.05. The van der Waals surface area contributed by atoms with Crippen molar-refractivity contribution in [2.24, 2.45) is 5.92 Å². The van der Waals surface area contributed by atoms with E-state index in [0.29, 0.717) is 45.0 Å². The summed E-state index contributed by atoms with van der Waals surface area (Å²) in [5, 5.41) is 12.6. The number of amides is 3. The Bertz CT molecular complexity index is 1550. The zero-order chi connectivity index (χ0) is 34.8. The van der Waals surface area contributed by atoms with Crippen molar-refractivity contribution >= 4 is 23.5 Å². The van der Waals surface area contributed by atoms with E-state index in [1.165, 1.54) is 0 Å². The molecule has 2 aliphatic rings. The van der Waals surface area contributed by atoms with Gasteiger partial charge in [-0.2, -0.15) is 0 Å². The number of hydrogen-bond acceptors (Lipinski definition) is 10. The molecule has 0 radical (unpaired) electrons. The summed E-state index contributed by atoms with van der Waals surface area (Å²) in [6.45, 7) is 9.19. The Morgan fingerprint density at radius 2 is 1.57 bits per heavy atom. The molecule has 1 aromatic carbocycles. The number of ketones is 1. The Morgan fingerprint density at radius 3 is 2.24 bits per heavy atom. The topological polar surface area (TPSA) is 168 Å². The number of carbonyl (C=O) groups is 4. The first-order valence-corrected chi connectivity index (χ1v) is 16.9. The van der Waals surface area contributed by atoms with Gasteiger partial charge in [0.05, 0.1) is 32.4 Å². The van der Waals surface area contributed by atoms with Crippen molar-refractivity contribution in [3.05, 3.63) is 83.5 Å². The summed E-state index contributed by atoms with van der Waals surface area (Å²) in [6, 6.07) is 11.9. The summed E-state index contributed by atoms with van der Waals surface area (Å²) >= 11 is 0. The van der Waals surface area contributed by atoms with E-state index in [0.717, 1.165) is 24.2 Å². The van der Waals surface area contributed by atoms with Crippen LogP contribution in [0.3, 0.4) is 0 Å². The van der Waals surface area contributed by atoms with E-state index in [-0.39, 0.29) is 30.2 Å². The van der Waals surface area contributed by atoms with Crippen LogP contribution in [0.5, 0.6) is 0 Å². The lowest BCUT2D eigenvalue weighted by Gasteiger charge is -2.26. The number of morpholine rings is 1. The van der Waals surface area contributed by atoms with Gasteiger partial charge in [0.2, 0.25) is 11.8 Å². The highest BCUT2D eigenvalue weighted by molar-refractivity contribution is 5.99. The summed E-state index contributed by atoms with van der Waals surface area (Å²) in [5.74, 6) is -1.17. The zero-order valence-corrected chi connectivity index (χ0v) is 28.4. The van der Waals surface area contributed by atoms with E-state index in [4.69, 9.17) is 14.0 Å². The van der Waals surface area contributed by atoms with Gasteiger partial charge in [-0.15, -0.1) is 0 Å². The Balaban J connectivity index is 1.32. The Labute approximate surface area is 286 Å². The van der Waals surface area contributed by atoms with Gasteiger partial charge in [-0.05, 0) is 55.4 Å².